The number of nitrogens with zero attached hydrogens (tertiary/aromatic N) is 3. The predicted molar refractivity (Wildman–Crippen MR) is 130 cm³/mol. The van der Waals surface area contributed by atoms with Gasteiger partial charge < -0.3 is 0 Å². The highest BCUT2D eigenvalue weighted by molar-refractivity contribution is 7.92. The lowest BCUT2D eigenvalue weighted by atomic mass is 10.2. The van der Waals surface area contributed by atoms with Crippen molar-refractivity contribution in [2.24, 2.45) is 5.10 Å². The molecule has 0 aliphatic heterocycles. The van der Waals surface area contributed by atoms with Crippen LogP contribution < -0.4 is 10.1 Å². The molecule has 174 valence electrons. The molecule has 0 aliphatic rings. The number of benzene rings is 3. The van der Waals surface area contributed by atoms with Crippen LogP contribution in [0.2, 0.25) is 5.02 Å². The van der Waals surface area contributed by atoms with E-state index in [4.69, 9.17) is 11.6 Å². The number of allylic oxidation sites excluding steroid dienone is 1. The lowest BCUT2D eigenvalue weighted by Gasteiger charge is -2.09. The number of halogens is 1. The molecule has 0 spiro atoms. The van der Waals surface area contributed by atoms with E-state index < -0.39 is 25.6 Å². The molecule has 34 heavy (non-hydrogen) atoms. The van der Waals surface area contributed by atoms with Gasteiger partial charge in [0.1, 0.15) is 5.69 Å². The molecule has 0 radical (unpaired) electrons. The Labute approximate surface area is 198 Å². The highest BCUT2D eigenvalue weighted by atomic mass is 35.5. The van der Waals surface area contributed by atoms with E-state index in [-0.39, 0.29) is 22.0 Å². The molecule has 0 fully saturated rings. The molecule has 11 nitrogen and oxygen atoms in total. The van der Waals surface area contributed by atoms with Crippen molar-refractivity contribution in [3.05, 3.63) is 104 Å². The molecule has 3 aromatic carbocycles. The summed E-state index contributed by atoms with van der Waals surface area (Å²) in [7, 11) is -4.10. The minimum absolute atomic E-state index is 0.0502. The first-order chi connectivity index (χ1) is 16.2. The highest BCUT2D eigenvalue weighted by Crippen LogP contribution is 2.29. The van der Waals surface area contributed by atoms with Gasteiger partial charge in [-0.2, -0.15) is 5.10 Å². The first-order valence-electron chi connectivity index (χ1n) is 9.43. The summed E-state index contributed by atoms with van der Waals surface area (Å²) < 4.78 is 27.5. The van der Waals surface area contributed by atoms with Crippen molar-refractivity contribution in [2.75, 3.05) is 10.1 Å². The van der Waals surface area contributed by atoms with E-state index in [2.05, 4.69) is 15.2 Å². The maximum Gasteiger partial charge on any atom is 0.295 e. The van der Waals surface area contributed by atoms with E-state index >= 15 is 0 Å². The summed E-state index contributed by atoms with van der Waals surface area (Å²) in [6.07, 6.45) is 4.11. The summed E-state index contributed by atoms with van der Waals surface area (Å²) in [5.74, 6) is 0. The fraction of sp³-hybridized carbons (Fsp3) is 0. The van der Waals surface area contributed by atoms with Gasteiger partial charge in [-0.1, -0.05) is 23.7 Å². The SMILES string of the molecule is O=[N+]([O-])c1ccccc1/C=C/C=NNc1ccc(S(=O)(=O)Nc2ccc(Cl)cc2)cc1[N+](=O)[O-]. The van der Waals surface area contributed by atoms with Gasteiger partial charge in [-0.3, -0.25) is 30.4 Å². The number of para-hydroxylation sites is 1. The standard InChI is InChI=1S/C21H16ClN5O6S/c22-16-7-9-17(10-8-16)25-34(32,33)18-11-12-19(21(14-18)27(30)31)24-23-13-3-5-15-4-1-2-6-20(15)26(28)29/h1-14,24-25H/b5-3+,23-13?. The molecule has 0 heterocycles. The van der Waals surface area contributed by atoms with Gasteiger partial charge in [-0.05, 0) is 54.6 Å². The minimum Gasteiger partial charge on any atom is -0.280 e. The third-order valence-electron chi connectivity index (χ3n) is 4.33. The van der Waals surface area contributed by atoms with Gasteiger partial charge >= 0.3 is 0 Å². The Bertz CT molecular complexity index is 1390. The summed E-state index contributed by atoms with van der Waals surface area (Å²) in [4.78, 5) is 20.9. The van der Waals surface area contributed by atoms with Crippen LogP contribution >= 0.6 is 11.6 Å². The second-order valence-corrected chi connectivity index (χ2v) is 8.73. The largest absolute Gasteiger partial charge is 0.295 e. The van der Waals surface area contributed by atoms with E-state index in [1.54, 1.807) is 18.2 Å². The summed E-state index contributed by atoms with van der Waals surface area (Å²) in [5.41, 5.74) is 2.41. The molecular formula is C21H16ClN5O6S. The Kier molecular flexibility index (Phi) is 7.56. The van der Waals surface area contributed by atoms with Crippen LogP contribution in [0, 0.1) is 20.2 Å². The molecule has 0 atom stereocenters. The Morgan fingerprint density at radius 2 is 1.59 bits per heavy atom. The van der Waals surface area contributed by atoms with Gasteiger partial charge in [0.15, 0.2) is 0 Å². The Hall–Kier alpha value is -4.29. The topological polar surface area (TPSA) is 157 Å². The number of anilines is 2. The second-order valence-electron chi connectivity index (χ2n) is 6.61. The number of hydrazone groups is 1. The summed E-state index contributed by atoms with van der Waals surface area (Å²) >= 11 is 5.78. The normalized spacial score (nSPS) is 11.6. The van der Waals surface area contributed by atoms with Crippen molar-refractivity contribution < 1.29 is 18.3 Å². The summed E-state index contributed by atoms with van der Waals surface area (Å²) in [6, 6.07) is 15.3. The van der Waals surface area contributed by atoms with Crippen LogP contribution in [0.5, 0.6) is 0 Å². The van der Waals surface area contributed by atoms with Crippen molar-refractivity contribution in [3.8, 4) is 0 Å². The average molecular weight is 502 g/mol. The zero-order chi connectivity index (χ0) is 24.7. The van der Waals surface area contributed by atoms with E-state index in [1.165, 1.54) is 60.8 Å². The molecule has 0 unspecified atom stereocenters. The molecular weight excluding hydrogens is 486 g/mol. The Morgan fingerprint density at radius 1 is 0.912 bits per heavy atom. The Morgan fingerprint density at radius 3 is 2.26 bits per heavy atom. The van der Waals surface area contributed by atoms with Crippen LogP contribution in [0.15, 0.2) is 82.8 Å². The van der Waals surface area contributed by atoms with Crippen molar-refractivity contribution in [3.63, 3.8) is 0 Å². The number of nitrogens with one attached hydrogen (secondary N) is 2. The first kappa shape index (κ1) is 24.4. The number of rotatable bonds is 9. The van der Waals surface area contributed by atoms with Crippen LogP contribution in [-0.2, 0) is 10.0 Å². The zero-order valence-electron chi connectivity index (χ0n) is 17.2. The molecule has 0 aromatic heterocycles. The van der Waals surface area contributed by atoms with Crippen LogP contribution in [0.4, 0.5) is 22.7 Å². The molecule has 3 aromatic rings. The van der Waals surface area contributed by atoms with Crippen molar-refractivity contribution in [1.29, 1.82) is 0 Å². The molecule has 0 aliphatic carbocycles. The Balaban J connectivity index is 1.76. The number of nitro groups is 2. The fourth-order valence-electron chi connectivity index (χ4n) is 2.75. The van der Waals surface area contributed by atoms with Crippen LogP contribution in [0.3, 0.4) is 0 Å². The van der Waals surface area contributed by atoms with E-state index in [9.17, 15) is 28.6 Å². The fourth-order valence-corrected chi connectivity index (χ4v) is 3.95. The molecule has 3 rings (SSSR count). The van der Waals surface area contributed by atoms with E-state index in [1.807, 2.05) is 0 Å². The molecule has 2 N–H and O–H groups in total. The van der Waals surface area contributed by atoms with Crippen molar-refractivity contribution in [1.82, 2.24) is 0 Å². The number of sulfonamides is 1. The van der Waals surface area contributed by atoms with Crippen molar-refractivity contribution in [2.45, 2.75) is 4.90 Å². The number of hydrogen-bond donors (Lipinski definition) is 2. The zero-order valence-corrected chi connectivity index (χ0v) is 18.7. The molecule has 0 saturated heterocycles. The lowest BCUT2D eigenvalue weighted by molar-refractivity contribution is -0.385. The van der Waals surface area contributed by atoms with Crippen LogP contribution in [-0.4, -0.2) is 24.5 Å². The van der Waals surface area contributed by atoms with E-state index in [0.717, 1.165) is 6.07 Å². The van der Waals surface area contributed by atoms with Crippen LogP contribution in [0.1, 0.15) is 5.56 Å². The third kappa shape index (κ3) is 6.15. The quantitative estimate of drug-likeness (QED) is 0.235. The highest BCUT2D eigenvalue weighted by Gasteiger charge is 2.21. The third-order valence-corrected chi connectivity index (χ3v) is 5.96. The average Bonchev–Trinajstić information content (AvgIpc) is 2.80. The monoisotopic (exact) mass is 501 g/mol. The van der Waals surface area contributed by atoms with Gasteiger partial charge in [0.05, 0.1) is 20.3 Å². The molecule has 0 amide bonds. The first-order valence-corrected chi connectivity index (χ1v) is 11.3. The van der Waals surface area contributed by atoms with Gasteiger partial charge in [-0.15, -0.1) is 0 Å². The van der Waals surface area contributed by atoms with Gasteiger partial charge in [0.2, 0.25) is 0 Å². The minimum atomic E-state index is -4.10. The van der Waals surface area contributed by atoms with Gasteiger partial charge in [-0.25, -0.2) is 8.42 Å². The summed E-state index contributed by atoms with van der Waals surface area (Å²) in [6.45, 7) is 0. The van der Waals surface area contributed by atoms with Crippen LogP contribution in [0.25, 0.3) is 6.08 Å². The maximum atomic E-state index is 12.6. The predicted octanol–water partition coefficient (Wildman–Crippen LogP) is 5.07. The second kappa shape index (κ2) is 10.6. The van der Waals surface area contributed by atoms with E-state index in [0.29, 0.717) is 10.6 Å². The van der Waals surface area contributed by atoms with Gasteiger partial charge in [0.25, 0.3) is 21.4 Å². The van der Waals surface area contributed by atoms with Crippen molar-refractivity contribution >= 4 is 56.7 Å². The van der Waals surface area contributed by atoms with Gasteiger partial charge in [0, 0.05) is 29.1 Å². The smallest absolute Gasteiger partial charge is 0.280 e. The summed E-state index contributed by atoms with van der Waals surface area (Å²) in [5, 5.41) is 26.7. The molecule has 13 heteroatoms. The maximum absolute atomic E-state index is 12.6. The number of nitro benzene ring substituents is 2. The number of hydrogen-bond acceptors (Lipinski definition) is 8. The molecule has 0 saturated carbocycles. The lowest BCUT2D eigenvalue weighted by Crippen LogP contribution is -2.13. The molecule has 0 bridgehead atoms.